The number of rotatable bonds is 13. The minimum atomic E-state index is -0.942. The second-order valence-electron chi connectivity index (χ2n) is 14.9. The Morgan fingerprint density at radius 3 is 2.55 bits per heavy atom. The topological polar surface area (TPSA) is 66.9 Å². The zero-order chi connectivity index (χ0) is 37.9. The predicted octanol–water partition coefficient (Wildman–Crippen LogP) is 12.1. The molecule has 53 heavy (non-hydrogen) atoms. The molecule has 0 aliphatic carbocycles. The summed E-state index contributed by atoms with van der Waals surface area (Å²) in [5.41, 5.74) is 9.24. The van der Waals surface area contributed by atoms with Crippen LogP contribution in [0.15, 0.2) is 92.0 Å². The van der Waals surface area contributed by atoms with Crippen molar-refractivity contribution >= 4 is 27.5 Å². The predicted molar refractivity (Wildman–Crippen MR) is 218 cm³/mol. The molecule has 0 amide bonds. The average molecular weight is 730 g/mol. The van der Waals surface area contributed by atoms with Gasteiger partial charge in [-0.05, 0) is 126 Å². The van der Waals surface area contributed by atoms with Gasteiger partial charge in [0.05, 0.1) is 35.1 Å². The quantitative estimate of drug-likeness (QED) is 0.0888. The molecule has 5 aromatic rings. The lowest BCUT2D eigenvalue weighted by Crippen LogP contribution is -2.29. The van der Waals surface area contributed by atoms with Crippen LogP contribution in [0.3, 0.4) is 0 Å². The highest BCUT2D eigenvalue weighted by atomic mass is 32.1. The molecular weight excluding hydrogens is 679 g/mol. The van der Waals surface area contributed by atoms with Gasteiger partial charge in [-0.2, -0.15) is 0 Å². The lowest BCUT2D eigenvalue weighted by Gasteiger charge is -2.30. The Hall–Kier alpha value is -4.72. The highest BCUT2D eigenvalue weighted by Gasteiger charge is 2.34. The van der Waals surface area contributed by atoms with Crippen molar-refractivity contribution in [3.05, 3.63) is 114 Å². The first-order chi connectivity index (χ1) is 25.4. The van der Waals surface area contributed by atoms with Crippen LogP contribution in [0.1, 0.15) is 88.2 Å². The molecule has 0 N–H and O–H groups in total. The smallest absolute Gasteiger partial charge is 0.339 e. The van der Waals surface area contributed by atoms with Gasteiger partial charge in [-0.15, -0.1) is 24.5 Å². The van der Waals surface area contributed by atoms with Crippen LogP contribution in [0.5, 0.6) is 11.5 Å². The molecule has 1 aliphatic rings. The van der Waals surface area contributed by atoms with E-state index in [1.54, 1.807) is 11.3 Å². The summed E-state index contributed by atoms with van der Waals surface area (Å²) < 4.78 is 25.7. The lowest BCUT2D eigenvalue weighted by molar-refractivity contribution is -0.166. The number of aromatic nitrogens is 1. The van der Waals surface area contributed by atoms with Gasteiger partial charge in [0.25, 0.3) is 0 Å². The van der Waals surface area contributed by atoms with E-state index in [0.29, 0.717) is 12.5 Å². The molecule has 6 rings (SSSR count). The summed E-state index contributed by atoms with van der Waals surface area (Å²) in [7, 11) is 0. The third kappa shape index (κ3) is 8.42. The number of hydrogen-bond donors (Lipinski definition) is 0. The monoisotopic (exact) mass is 729 g/mol. The van der Waals surface area contributed by atoms with E-state index in [1.807, 2.05) is 52.8 Å². The van der Waals surface area contributed by atoms with Crippen molar-refractivity contribution < 1.29 is 23.7 Å². The van der Waals surface area contributed by atoms with Crippen LogP contribution in [0.4, 0.5) is 0 Å². The van der Waals surface area contributed by atoms with E-state index in [-0.39, 0.29) is 12.7 Å². The zero-order valence-corrected chi connectivity index (χ0v) is 32.9. The van der Waals surface area contributed by atoms with Crippen molar-refractivity contribution in [2.24, 2.45) is 0 Å². The second-order valence-corrected chi connectivity index (χ2v) is 15.9. The van der Waals surface area contributed by atoms with Gasteiger partial charge in [0.15, 0.2) is 6.10 Å². The number of hydrogen-bond acceptors (Lipinski definition) is 7. The van der Waals surface area contributed by atoms with Gasteiger partial charge in [-0.25, -0.2) is 9.78 Å². The van der Waals surface area contributed by atoms with Gasteiger partial charge in [0, 0.05) is 28.7 Å². The molecule has 3 atom stereocenters. The van der Waals surface area contributed by atoms with Crippen LogP contribution in [-0.2, 0) is 14.3 Å². The molecule has 1 aliphatic heterocycles. The SMILES string of the molecule is C=CCC1CCOc2ccc(-c3c([C@H](OC(C)(C)C)C(=O)OCC)c(C)cc4nc(-c5cccc(-c6cc(C)ccc6O[C@@H](C)CC=C)c5)sc34)cc21. The van der Waals surface area contributed by atoms with Gasteiger partial charge >= 0.3 is 5.97 Å². The number of aryl methyl sites for hydroxylation is 2. The van der Waals surface area contributed by atoms with Gasteiger partial charge in [-0.3, -0.25) is 0 Å². The van der Waals surface area contributed by atoms with Gasteiger partial charge in [-0.1, -0.05) is 48.0 Å². The number of thiazole rings is 1. The molecule has 7 heteroatoms. The van der Waals surface area contributed by atoms with Crippen molar-refractivity contribution in [1.82, 2.24) is 4.98 Å². The summed E-state index contributed by atoms with van der Waals surface area (Å²) in [5, 5.41) is 0.880. The molecule has 4 aromatic carbocycles. The largest absolute Gasteiger partial charge is 0.493 e. The zero-order valence-electron chi connectivity index (χ0n) is 32.1. The van der Waals surface area contributed by atoms with E-state index in [2.05, 4.69) is 87.7 Å². The lowest BCUT2D eigenvalue weighted by atomic mass is 9.86. The summed E-state index contributed by atoms with van der Waals surface area (Å²) in [6.45, 7) is 22.7. The standard InChI is InChI=1S/C46H51NO5S/c1-10-14-30(6)51-39-20-18-28(4)24-35(39)32-16-13-17-34(26-32)44-47-37-25-29(5)40(42(45(48)49-12-3)52-46(7,8)9)41(43(37)53-44)33-19-21-38-36(27-33)31(15-11-2)22-23-50-38/h10-11,13,16-21,24-27,30-31,42H,1-2,12,14-15,22-23H2,3-9H3/t30-,31?,42-/m0/s1. The molecule has 0 spiro atoms. The highest BCUT2D eigenvalue weighted by Crippen LogP contribution is 2.47. The Kier molecular flexibility index (Phi) is 11.6. The first kappa shape index (κ1) is 38.0. The Balaban J connectivity index is 1.56. The van der Waals surface area contributed by atoms with Crippen LogP contribution in [0.25, 0.3) is 43.0 Å². The summed E-state index contributed by atoms with van der Waals surface area (Å²) in [4.78, 5) is 19.1. The number of benzene rings is 4. The molecule has 0 bridgehead atoms. The summed E-state index contributed by atoms with van der Waals surface area (Å²) in [6.07, 6.45) is 5.45. The van der Waals surface area contributed by atoms with Crippen LogP contribution in [-0.4, -0.2) is 35.9 Å². The maximum Gasteiger partial charge on any atom is 0.339 e. The Labute approximate surface area is 318 Å². The van der Waals surface area contributed by atoms with Gasteiger partial charge < -0.3 is 18.9 Å². The normalized spacial score (nSPS) is 15.3. The summed E-state index contributed by atoms with van der Waals surface area (Å²) >= 11 is 1.62. The number of allylic oxidation sites excluding steroid dienone is 1. The maximum absolute atomic E-state index is 13.8. The molecule has 0 saturated heterocycles. The fourth-order valence-electron chi connectivity index (χ4n) is 7.11. The van der Waals surface area contributed by atoms with E-state index in [4.69, 9.17) is 23.9 Å². The number of carbonyl (C=O) groups excluding carboxylic acids is 1. The minimum Gasteiger partial charge on any atom is -0.493 e. The Bertz CT molecular complexity index is 2140. The van der Waals surface area contributed by atoms with Crippen LogP contribution in [0.2, 0.25) is 0 Å². The molecule has 2 heterocycles. The van der Waals surface area contributed by atoms with Crippen molar-refractivity contribution in [3.8, 4) is 44.3 Å². The number of esters is 1. The van der Waals surface area contributed by atoms with Crippen molar-refractivity contribution in [1.29, 1.82) is 0 Å². The first-order valence-corrected chi connectivity index (χ1v) is 19.4. The van der Waals surface area contributed by atoms with E-state index >= 15 is 0 Å². The molecule has 1 aromatic heterocycles. The molecule has 6 nitrogen and oxygen atoms in total. The number of ether oxygens (including phenoxy) is 4. The van der Waals surface area contributed by atoms with E-state index in [1.165, 1.54) is 0 Å². The Morgan fingerprint density at radius 1 is 1.02 bits per heavy atom. The van der Waals surface area contributed by atoms with E-state index < -0.39 is 17.7 Å². The van der Waals surface area contributed by atoms with Crippen LogP contribution in [0, 0.1) is 13.8 Å². The first-order valence-electron chi connectivity index (χ1n) is 18.6. The molecule has 0 radical (unpaired) electrons. The van der Waals surface area contributed by atoms with Gasteiger partial charge in [0.2, 0.25) is 0 Å². The van der Waals surface area contributed by atoms with Gasteiger partial charge in [0.1, 0.15) is 16.5 Å². The van der Waals surface area contributed by atoms with Crippen LogP contribution < -0.4 is 9.47 Å². The molecule has 276 valence electrons. The summed E-state index contributed by atoms with van der Waals surface area (Å²) in [5.74, 6) is 1.61. The summed E-state index contributed by atoms with van der Waals surface area (Å²) in [6, 6.07) is 23.2. The van der Waals surface area contributed by atoms with Crippen molar-refractivity contribution in [3.63, 3.8) is 0 Å². The molecule has 0 fully saturated rings. The highest BCUT2D eigenvalue weighted by molar-refractivity contribution is 7.22. The van der Waals surface area contributed by atoms with E-state index in [0.717, 1.165) is 96.1 Å². The third-order valence-corrected chi connectivity index (χ3v) is 10.6. The second kappa shape index (κ2) is 16.1. The fraction of sp³-hybridized carbons (Fsp3) is 0.348. The number of nitrogens with zero attached hydrogens (tertiary/aromatic N) is 1. The maximum atomic E-state index is 13.8. The number of carbonyl (C=O) groups is 1. The molecule has 1 unspecified atom stereocenters. The van der Waals surface area contributed by atoms with Crippen molar-refractivity contribution in [2.45, 2.75) is 91.5 Å². The minimum absolute atomic E-state index is 0.000149. The molecular formula is C46H51NO5S. The third-order valence-electron chi connectivity index (χ3n) is 9.46. The van der Waals surface area contributed by atoms with E-state index in [9.17, 15) is 4.79 Å². The average Bonchev–Trinajstić information content (AvgIpc) is 3.54. The fourth-order valence-corrected chi connectivity index (χ4v) is 8.24. The van der Waals surface area contributed by atoms with Crippen molar-refractivity contribution in [2.75, 3.05) is 13.2 Å². The van der Waals surface area contributed by atoms with Crippen LogP contribution >= 0.6 is 11.3 Å². The number of fused-ring (bicyclic) bond motifs is 2. The Morgan fingerprint density at radius 2 is 1.81 bits per heavy atom. The molecule has 0 saturated carbocycles.